The molecule has 0 amide bonds. The van der Waals surface area contributed by atoms with Gasteiger partial charge in [-0.25, -0.2) is 19.9 Å². The predicted octanol–water partition coefficient (Wildman–Crippen LogP) is 12.6. The van der Waals surface area contributed by atoms with Gasteiger partial charge in [-0.3, -0.25) is 0 Å². The lowest BCUT2D eigenvalue weighted by Gasteiger charge is -2.11. The number of nitrogens with zero attached hydrogens (tertiary/aromatic N) is 4. The van der Waals surface area contributed by atoms with E-state index in [1.165, 1.54) is 0 Å². The number of furan rings is 1. The van der Waals surface area contributed by atoms with Crippen molar-refractivity contribution in [2.45, 2.75) is 0 Å². The Kier molecular flexibility index (Phi) is 6.75. The Morgan fingerprint density at radius 2 is 0.926 bits per heavy atom. The van der Waals surface area contributed by atoms with E-state index < -0.39 is 0 Å². The average molecular weight is 693 g/mol. The molecule has 0 aliphatic rings. The molecular formula is C48H28N4O2. The summed E-state index contributed by atoms with van der Waals surface area (Å²) in [7, 11) is 0. The predicted molar refractivity (Wildman–Crippen MR) is 217 cm³/mol. The van der Waals surface area contributed by atoms with E-state index >= 15 is 0 Å². The van der Waals surface area contributed by atoms with Gasteiger partial charge in [0.05, 0.1) is 0 Å². The monoisotopic (exact) mass is 692 g/mol. The van der Waals surface area contributed by atoms with E-state index in [9.17, 15) is 0 Å². The minimum atomic E-state index is 0.593. The van der Waals surface area contributed by atoms with Crippen LogP contribution < -0.4 is 0 Å². The highest BCUT2D eigenvalue weighted by atomic mass is 16.3. The molecule has 54 heavy (non-hydrogen) atoms. The van der Waals surface area contributed by atoms with E-state index in [0.717, 1.165) is 88.0 Å². The van der Waals surface area contributed by atoms with Gasteiger partial charge in [0, 0.05) is 38.4 Å². The minimum absolute atomic E-state index is 0.593. The van der Waals surface area contributed by atoms with Crippen molar-refractivity contribution < 1.29 is 8.83 Å². The van der Waals surface area contributed by atoms with Crippen molar-refractivity contribution in [3.8, 4) is 56.7 Å². The highest BCUT2D eigenvalue weighted by Gasteiger charge is 2.21. The van der Waals surface area contributed by atoms with Crippen molar-refractivity contribution in [3.05, 3.63) is 170 Å². The molecule has 0 fully saturated rings. The van der Waals surface area contributed by atoms with E-state index in [-0.39, 0.29) is 0 Å². The molecule has 0 N–H and O–H groups in total. The topological polar surface area (TPSA) is 77.8 Å². The smallest absolute Gasteiger partial charge is 0.227 e. The third-order valence-corrected chi connectivity index (χ3v) is 10.1. The molecule has 3 heterocycles. The molecule has 11 aromatic rings. The van der Waals surface area contributed by atoms with Gasteiger partial charge >= 0.3 is 0 Å². The van der Waals surface area contributed by atoms with Crippen LogP contribution in [0.2, 0.25) is 0 Å². The van der Waals surface area contributed by atoms with Gasteiger partial charge in [0.1, 0.15) is 16.7 Å². The second-order valence-corrected chi connectivity index (χ2v) is 13.4. The van der Waals surface area contributed by atoms with E-state index in [0.29, 0.717) is 23.4 Å². The second-order valence-electron chi connectivity index (χ2n) is 13.4. The molecule has 0 saturated heterocycles. The van der Waals surface area contributed by atoms with Crippen LogP contribution in [0.15, 0.2) is 179 Å². The van der Waals surface area contributed by atoms with Crippen LogP contribution in [-0.4, -0.2) is 19.9 Å². The summed E-state index contributed by atoms with van der Waals surface area (Å²) in [5.74, 6) is 2.50. The average Bonchev–Trinajstić information content (AvgIpc) is 3.86. The molecule has 3 aromatic heterocycles. The quantitative estimate of drug-likeness (QED) is 0.179. The first-order chi connectivity index (χ1) is 26.7. The zero-order chi connectivity index (χ0) is 35.6. The number of hydrogen-bond acceptors (Lipinski definition) is 6. The van der Waals surface area contributed by atoms with Gasteiger partial charge in [0.2, 0.25) is 5.89 Å². The van der Waals surface area contributed by atoms with Crippen LogP contribution in [-0.2, 0) is 0 Å². The molecule has 0 bridgehead atoms. The molecule has 0 radical (unpaired) electrons. The fourth-order valence-electron chi connectivity index (χ4n) is 7.53. The lowest BCUT2D eigenvalue weighted by molar-refractivity contribution is 0.623. The maximum absolute atomic E-state index is 6.61. The highest BCUT2D eigenvalue weighted by molar-refractivity contribution is 6.28. The van der Waals surface area contributed by atoms with E-state index in [2.05, 4.69) is 60.7 Å². The molecule has 0 aliphatic carbocycles. The van der Waals surface area contributed by atoms with Crippen molar-refractivity contribution in [2.75, 3.05) is 0 Å². The summed E-state index contributed by atoms with van der Waals surface area (Å²) < 4.78 is 13.1. The number of benzene rings is 8. The molecule has 8 aromatic carbocycles. The lowest BCUT2D eigenvalue weighted by Crippen LogP contribution is -2.00. The summed E-state index contributed by atoms with van der Waals surface area (Å²) in [6.45, 7) is 0. The molecule has 0 saturated carbocycles. The Hall–Kier alpha value is -7.44. The molecule has 6 heteroatoms. The minimum Gasteiger partial charge on any atom is -0.456 e. The lowest BCUT2D eigenvalue weighted by atomic mass is 9.93. The van der Waals surface area contributed by atoms with Crippen LogP contribution in [0.5, 0.6) is 0 Å². The van der Waals surface area contributed by atoms with Crippen molar-refractivity contribution in [1.29, 1.82) is 0 Å². The van der Waals surface area contributed by atoms with Crippen LogP contribution in [0.3, 0.4) is 0 Å². The summed E-state index contributed by atoms with van der Waals surface area (Å²) in [5, 5.41) is 6.32. The first-order valence-electron chi connectivity index (χ1n) is 17.9. The largest absolute Gasteiger partial charge is 0.456 e. The maximum atomic E-state index is 6.61. The van der Waals surface area contributed by atoms with Crippen molar-refractivity contribution >= 4 is 54.6 Å². The Morgan fingerprint density at radius 3 is 1.61 bits per heavy atom. The number of oxazole rings is 1. The summed E-state index contributed by atoms with van der Waals surface area (Å²) in [6.07, 6.45) is 0. The fourth-order valence-corrected chi connectivity index (χ4v) is 7.53. The van der Waals surface area contributed by atoms with Crippen LogP contribution in [0.4, 0.5) is 0 Å². The zero-order valence-electron chi connectivity index (χ0n) is 28.8. The number of rotatable bonds is 5. The SMILES string of the molecule is c1ccc(-c2nc(-c3ccccc3)nc(-c3ccc4cc(-c5cc6oc7ccccc7c6c6c5ccc5nc(-c7ccccc7)oc56)ccc4c3)n2)cc1. The Morgan fingerprint density at radius 1 is 0.352 bits per heavy atom. The fraction of sp³-hybridized carbons (Fsp3) is 0. The van der Waals surface area contributed by atoms with Gasteiger partial charge in [-0.2, -0.15) is 0 Å². The van der Waals surface area contributed by atoms with Crippen LogP contribution in [0, 0.1) is 0 Å². The molecule has 0 spiro atoms. The Labute approximate surface area is 309 Å². The maximum Gasteiger partial charge on any atom is 0.227 e. The molecular weight excluding hydrogens is 665 g/mol. The van der Waals surface area contributed by atoms with Crippen LogP contribution >= 0.6 is 0 Å². The number of aromatic nitrogens is 4. The summed E-state index contributed by atoms with van der Waals surface area (Å²) in [6, 6.07) is 57.7. The van der Waals surface area contributed by atoms with Gasteiger partial charge in [-0.15, -0.1) is 0 Å². The molecule has 0 unspecified atom stereocenters. The standard InChI is InChI=1S/C48H28N4O2/c1-4-12-29(13-5-1)45-50-46(30-14-6-2-7-15-30)52-47(51-45)35-23-21-32-26-34(22-20-33(32)27-35)38-28-41-42(37-18-10-11-19-40(37)53-41)43-36(38)24-25-39-44(43)54-48(49-39)31-16-8-3-9-17-31/h1-28H. The molecule has 11 rings (SSSR count). The molecule has 0 atom stereocenters. The van der Waals surface area contributed by atoms with Gasteiger partial charge in [-0.05, 0) is 69.8 Å². The number of fused-ring (bicyclic) bond motifs is 8. The van der Waals surface area contributed by atoms with Crippen LogP contribution in [0.1, 0.15) is 0 Å². The Balaban J connectivity index is 1.07. The first kappa shape index (κ1) is 30.2. The number of para-hydroxylation sites is 1. The van der Waals surface area contributed by atoms with Crippen molar-refractivity contribution in [3.63, 3.8) is 0 Å². The molecule has 0 aliphatic heterocycles. The second kappa shape index (κ2) is 12.1. The highest BCUT2D eigenvalue weighted by Crippen LogP contribution is 2.44. The Bertz CT molecular complexity index is 3150. The van der Waals surface area contributed by atoms with E-state index in [1.807, 2.05) is 109 Å². The van der Waals surface area contributed by atoms with Gasteiger partial charge < -0.3 is 8.83 Å². The van der Waals surface area contributed by atoms with Crippen molar-refractivity contribution in [2.24, 2.45) is 0 Å². The summed E-state index contributed by atoms with van der Waals surface area (Å²) >= 11 is 0. The first-order valence-corrected chi connectivity index (χ1v) is 17.9. The zero-order valence-corrected chi connectivity index (χ0v) is 28.8. The summed E-state index contributed by atoms with van der Waals surface area (Å²) in [5.41, 5.74) is 9.05. The normalized spacial score (nSPS) is 11.7. The van der Waals surface area contributed by atoms with Gasteiger partial charge in [0.25, 0.3) is 0 Å². The van der Waals surface area contributed by atoms with Crippen LogP contribution in [0.25, 0.3) is 111 Å². The third kappa shape index (κ3) is 4.96. The van der Waals surface area contributed by atoms with Gasteiger partial charge in [0.15, 0.2) is 23.1 Å². The molecule has 252 valence electrons. The molecule has 6 nitrogen and oxygen atoms in total. The van der Waals surface area contributed by atoms with Gasteiger partial charge in [-0.1, -0.05) is 127 Å². The van der Waals surface area contributed by atoms with E-state index in [1.54, 1.807) is 0 Å². The third-order valence-electron chi connectivity index (χ3n) is 10.1. The summed E-state index contributed by atoms with van der Waals surface area (Å²) in [4.78, 5) is 19.7. The van der Waals surface area contributed by atoms with E-state index in [4.69, 9.17) is 28.8 Å². The number of hydrogen-bond donors (Lipinski definition) is 0. The van der Waals surface area contributed by atoms with Crippen molar-refractivity contribution in [1.82, 2.24) is 19.9 Å².